The Morgan fingerprint density at radius 3 is 2.50 bits per heavy atom. The Balaban J connectivity index is 1.96. The molecular weight excluding hydrogens is 274 g/mol. The summed E-state index contributed by atoms with van der Waals surface area (Å²) >= 11 is 0. The van der Waals surface area contributed by atoms with Gasteiger partial charge in [-0.25, -0.2) is 0 Å². The first-order valence-corrected chi connectivity index (χ1v) is 8.02. The highest BCUT2D eigenvalue weighted by atomic mass is 16.1. The molecule has 0 aliphatic heterocycles. The second-order valence-electron chi connectivity index (χ2n) is 6.45. The average Bonchev–Trinajstić information content (AvgIpc) is 2.85. The smallest absolute Gasteiger partial charge is 0.267 e. The largest absolute Gasteiger partial charge is 0.351 e. The molecule has 0 aliphatic carbocycles. The van der Waals surface area contributed by atoms with Crippen molar-refractivity contribution in [3.8, 4) is 0 Å². The molecule has 2 aromatic rings. The number of benzene rings is 1. The van der Waals surface area contributed by atoms with Crippen LogP contribution in [0.2, 0.25) is 0 Å². The van der Waals surface area contributed by atoms with Gasteiger partial charge in [0.15, 0.2) is 0 Å². The highest BCUT2D eigenvalue weighted by molar-refractivity contribution is 5.98. The van der Waals surface area contributed by atoms with Crippen molar-refractivity contribution in [1.29, 1.82) is 0 Å². The van der Waals surface area contributed by atoms with Crippen LogP contribution in [0.4, 0.5) is 0 Å². The zero-order valence-electron chi connectivity index (χ0n) is 14.2. The number of amides is 1. The van der Waals surface area contributed by atoms with Gasteiger partial charge in [-0.3, -0.25) is 9.69 Å². The van der Waals surface area contributed by atoms with Gasteiger partial charge >= 0.3 is 0 Å². The molecule has 0 fully saturated rings. The lowest BCUT2D eigenvalue weighted by Crippen LogP contribution is -2.42. The van der Waals surface area contributed by atoms with Gasteiger partial charge in [-0.2, -0.15) is 0 Å². The lowest BCUT2D eigenvalue weighted by atomic mass is 10.2. The van der Waals surface area contributed by atoms with E-state index < -0.39 is 0 Å². The van der Waals surface area contributed by atoms with Crippen molar-refractivity contribution in [3.63, 3.8) is 0 Å². The van der Waals surface area contributed by atoms with Crippen LogP contribution in [0.25, 0.3) is 10.9 Å². The maximum absolute atomic E-state index is 12.3. The molecule has 0 radical (unpaired) electrons. The Morgan fingerprint density at radius 2 is 1.86 bits per heavy atom. The Labute approximate surface area is 132 Å². The number of aromatic nitrogens is 1. The second kappa shape index (κ2) is 6.97. The number of nitrogens with one attached hydrogen (secondary N) is 2. The van der Waals surface area contributed by atoms with Gasteiger partial charge in [0.2, 0.25) is 0 Å². The Kier molecular flexibility index (Phi) is 5.24. The van der Waals surface area contributed by atoms with Gasteiger partial charge in [-0.15, -0.1) is 0 Å². The second-order valence-corrected chi connectivity index (χ2v) is 6.45. The lowest BCUT2D eigenvalue weighted by Gasteiger charge is -2.30. The van der Waals surface area contributed by atoms with Crippen LogP contribution in [0.5, 0.6) is 0 Å². The predicted molar refractivity (Wildman–Crippen MR) is 92.3 cm³/mol. The van der Waals surface area contributed by atoms with Crippen LogP contribution in [0.3, 0.4) is 0 Å². The quantitative estimate of drug-likeness (QED) is 0.860. The number of aromatic amines is 1. The van der Waals surface area contributed by atoms with Gasteiger partial charge < -0.3 is 10.3 Å². The minimum atomic E-state index is -0.0404. The van der Waals surface area contributed by atoms with E-state index in [9.17, 15) is 4.79 Å². The number of hydrogen-bond donors (Lipinski definition) is 2. The zero-order chi connectivity index (χ0) is 16.3. The first kappa shape index (κ1) is 16.6. The monoisotopic (exact) mass is 301 g/mol. The highest BCUT2D eigenvalue weighted by Crippen LogP contribution is 2.16. The minimum absolute atomic E-state index is 0.0404. The highest BCUT2D eigenvalue weighted by Gasteiger charge is 2.14. The van der Waals surface area contributed by atoms with E-state index in [0.29, 0.717) is 24.3 Å². The van der Waals surface area contributed by atoms with Crippen LogP contribution in [-0.4, -0.2) is 41.0 Å². The average molecular weight is 301 g/mol. The zero-order valence-corrected chi connectivity index (χ0v) is 14.2. The molecule has 120 valence electrons. The van der Waals surface area contributed by atoms with Crippen molar-refractivity contribution in [2.75, 3.05) is 13.1 Å². The van der Waals surface area contributed by atoms with Crippen molar-refractivity contribution in [2.45, 2.75) is 46.7 Å². The molecule has 0 saturated heterocycles. The third kappa shape index (κ3) is 3.89. The van der Waals surface area contributed by atoms with E-state index in [1.807, 2.05) is 19.1 Å². The first-order valence-electron chi connectivity index (χ1n) is 8.02. The number of H-pyrrole nitrogens is 1. The van der Waals surface area contributed by atoms with Crippen LogP contribution in [0, 0.1) is 6.92 Å². The molecule has 0 atom stereocenters. The number of fused-ring (bicyclic) bond motifs is 1. The topological polar surface area (TPSA) is 48.1 Å². The minimum Gasteiger partial charge on any atom is -0.351 e. The normalized spacial score (nSPS) is 11.8. The fraction of sp³-hybridized carbons (Fsp3) is 0.500. The van der Waals surface area contributed by atoms with Gasteiger partial charge in [0, 0.05) is 36.1 Å². The number of carbonyl (C=O) groups is 1. The van der Waals surface area contributed by atoms with E-state index >= 15 is 0 Å². The van der Waals surface area contributed by atoms with Gasteiger partial charge in [0.25, 0.3) is 5.91 Å². The van der Waals surface area contributed by atoms with E-state index in [1.54, 1.807) is 0 Å². The molecule has 4 nitrogen and oxygen atoms in total. The summed E-state index contributed by atoms with van der Waals surface area (Å²) in [7, 11) is 0. The van der Waals surface area contributed by atoms with Crippen molar-refractivity contribution in [2.24, 2.45) is 0 Å². The lowest BCUT2D eigenvalue weighted by molar-refractivity contribution is 0.0935. The van der Waals surface area contributed by atoms with Gasteiger partial charge in [-0.05, 0) is 52.3 Å². The first-order chi connectivity index (χ1) is 10.4. The van der Waals surface area contributed by atoms with Crippen molar-refractivity contribution in [1.82, 2.24) is 15.2 Å². The molecule has 0 bridgehead atoms. The third-order valence-corrected chi connectivity index (χ3v) is 4.00. The fourth-order valence-electron chi connectivity index (χ4n) is 2.87. The SMILES string of the molecule is Cc1ccc2cc(C(=O)NCCN(C(C)C)C(C)C)[nH]c2c1. The molecule has 0 saturated carbocycles. The maximum atomic E-state index is 12.3. The third-order valence-electron chi connectivity index (χ3n) is 4.00. The summed E-state index contributed by atoms with van der Waals surface area (Å²) in [6.45, 7) is 12.3. The van der Waals surface area contributed by atoms with Crippen LogP contribution < -0.4 is 5.32 Å². The molecular formula is C18H27N3O. The molecule has 2 N–H and O–H groups in total. The van der Waals surface area contributed by atoms with Crippen molar-refractivity contribution < 1.29 is 4.79 Å². The number of aryl methyl sites for hydroxylation is 1. The van der Waals surface area contributed by atoms with E-state index in [2.05, 4.69) is 55.0 Å². The van der Waals surface area contributed by atoms with E-state index in [4.69, 9.17) is 0 Å². The van der Waals surface area contributed by atoms with Gasteiger partial charge in [0.1, 0.15) is 5.69 Å². The molecule has 1 heterocycles. The number of carbonyl (C=O) groups excluding carboxylic acids is 1. The number of hydrogen-bond acceptors (Lipinski definition) is 2. The van der Waals surface area contributed by atoms with Crippen LogP contribution in [0.1, 0.15) is 43.7 Å². The molecule has 2 rings (SSSR count). The van der Waals surface area contributed by atoms with Crippen LogP contribution in [0.15, 0.2) is 24.3 Å². The summed E-state index contributed by atoms with van der Waals surface area (Å²) in [5.41, 5.74) is 2.82. The summed E-state index contributed by atoms with van der Waals surface area (Å²) in [6, 6.07) is 9.03. The van der Waals surface area contributed by atoms with Crippen molar-refractivity contribution in [3.05, 3.63) is 35.5 Å². The van der Waals surface area contributed by atoms with E-state index in [0.717, 1.165) is 17.4 Å². The molecule has 22 heavy (non-hydrogen) atoms. The molecule has 1 aromatic carbocycles. The molecule has 0 unspecified atom stereocenters. The summed E-state index contributed by atoms with van der Waals surface area (Å²) in [4.78, 5) is 17.8. The van der Waals surface area contributed by atoms with Gasteiger partial charge in [0.05, 0.1) is 0 Å². The van der Waals surface area contributed by atoms with Crippen LogP contribution in [-0.2, 0) is 0 Å². The Morgan fingerprint density at radius 1 is 1.18 bits per heavy atom. The van der Waals surface area contributed by atoms with Crippen LogP contribution >= 0.6 is 0 Å². The Hall–Kier alpha value is -1.81. The molecule has 0 aliphatic rings. The summed E-state index contributed by atoms with van der Waals surface area (Å²) in [6.07, 6.45) is 0. The molecule has 1 aromatic heterocycles. The predicted octanol–water partition coefficient (Wildman–Crippen LogP) is 3.32. The Bertz CT molecular complexity index is 635. The summed E-state index contributed by atoms with van der Waals surface area (Å²) in [5, 5.41) is 4.07. The fourth-order valence-corrected chi connectivity index (χ4v) is 2.87. The molecule has 1 amide bonds. The molecule has 4 heteroatoms. The number of nitrogens with zero attached hydrogens (tertiary/aromatic N) is 1. The van der Waals surface area contributed by atoms with E-state index in [1.165, 1.54) is 5.56 Å². The standard InChI is InChI=1S/C18H27N3O/c1-12(2)21(13(3)4)9-8-19-18(22)17-11-15-7-6-14(5)10-16(15)20-17/h6-7,10-13,20H,8-9H2,1-5H3,(H,19,22). The van der Waals surface area contributed by atoms with E-state index in [-0.39, 0.29) is 5.91 Å². The van der Waals surface area contributed by atoms with Crippen molar-refractivity contribution >= 4 is 16.8 Å². The summed E-state index contributed by atoms with van der Waals surface area (Å²) < 4.78 is 0. The molecule has 0 spiro atoms. The van der Waals surface area contributed by atoms with Gasteiger partial charge in [-0.1, -0.05) is 12.1 Å². The summed E-state index contributed by atoms with van der Waals surface area (Å²) in [5.74, 6) is -0.0404. The maximum Gasteiger partial charge on any atom is 0.267 e. The number of rotatable bonds is 6.